The number of nitrogens with zero attached hydrogens (tertiary/aromatic N) is 1. The molecule has 0 aliphatic carbocycles. The van der Waals surface area contributed by atoms with Gasteiger partial charge in [0.25, 0.3) is 5.69 Å². The number of benzene rings is 1. The van der Waals surface area contributed by atoms with Crippen LogP contribution in [0.4, 0.5) is 5.69 Å². The van der Waals surface area contributed by atoms with Crippen LogP contribution in [-0.2, 0) is 4.79 Å². The van der Waals surface area contributed by atoms with E-state index in [1.54, 1.807) is 0 Å². The van der Waals surface area contributed by atoms with E-state index >= 15 is 0 Å². The van der Waals surface area contributed by atoms with E-state index in [1.165, 1.54) is 18.2 Å². The van der Waals surface area contributed by atoms with Crippen molar-refractivity contribution in [3.8, 4) is 0 Å². The number of nitro groups is 1. The third-order valence-electron chi connectivity index (χ3n) is 2.24. The highest BCUT2D eigenvalue weighted by molar-refractivity contribution is 5.84. The van der Waals surface area contributed by atoms with Crippen molar-refractivity contribution in [1.29, 1.82) is 0 Å². The minimum atomic E-state index is -1.89. The first-order valence-corrected chi connectivity index (χ1v) is 4.72. The van der Waals surface area contributed by atoms with Crippen molar-refractivity contribution >= 4 is 11.5 Å². The van der Waals surface area contributed by atoms with Gasteiger partial charge in [0.15, 0.2) is 5.78 Å². The number of nitro benzene ring substituents is 1. The number of hydrogen-bond donors (Lipinski definition) is 3. The van der Waals surface area contributed by atoms with Crippen molar-refractivity contribution < 1.29 is 25.0 Å². The van der Waals surface area contributed by atoms with Gasteiger partial charge in [-0.2, -0.15) is 0 Å². The van der Waals surface area contributed by atoms with E-state index in [0.29, 0.717) is 0 Å². The van der Waals surface area contributed by atoms with Gasteiger partial charge in [0, 0.05) is 6.07 Å². The van der Waals surface area contributed by atoms with Gasteiger partial charge in [-0.05, 0) is 6.07 Å². The maximum atomic E-state index is 11.0. The van der Waals surface area contributed by atoms with Crippen LogP contribution in [0.25, 0.3) is 0 Å². The average molecular weight is 241 g/mol. The molecule has 17 heavy (non-hydrogen) atoms. The highest BCUT2D eigenvalue weighted by atomic mass is 16.6. The Morgan fingerprint density at radius 1 is 1.35 bits per heavy atom. The van der Waals surface area contributed by atoms with Gasteiger partial charge in [-0.15, -0.1) is 0 Å². The summed E-state index contributed by atoms with van der Waals surface area (Å²) in [7, 11) is 0. The standard InChI is InChI=1S/C10H11NO6/c12-5-8(13)10(15)9(14)6-3-1-2-4-7(6)11(16)17/h1-4,9-10,12,14-15H,5H2. The molecule has 0 aliphatic heterocycles. The van der Waals surface area contributed by atoms with Gasteiger partial charge in [-0.25, -0.2) is 0 Å². The lowest BCUT2D eigenvalue weighted by atomic mass is 10.00. The van der Waals surface area contributed by atoms with E-state index in [1.807, 2.05) is 0 Å². The summed E-state index contributed by atoms with van der Waals surface area (Å²) in [6.45, 7) is -0.946. The van der Waals surface area contributed by atoms with Crippen molar-refractivity contribution in [3.63, 3.8) is 0 Å². The maximum absolute atomic E-state index is 11.0. The zero-order valence-corrected chi connectivity index (χ0v) is 8.68. The van der Waals surface area contributed by atoms with Crippen molar-refractivity contribution in [3.05, 3.63) is 39.9 Å². The Morgan fingerprint density at radius 3 is 2.47 bits per heavy atom. The smallest absolute Gasteiger partial charge is 0.275 e. The monoisotopic (exact) mass is 241 g/mol. The van der Waals surface area contributed by atoms with E-state index in [9.17, 15) is 25.1 Å². The normalized spacial score (nSPS) is 14.1. The van der Waals surface area contributed by atoms with Crippen LogP contribution in [0.15, 0.2) is 24.3 Å². The Labute approximate surface area is 96.1 Å². The number of rotatable bonds is 5. The molecular weight excluding hydrogens is 230 g/mol. The van der Waals surface area contributed by atoms with E-state index in [-0.39, 0.29) is 5.56 Å². The molecule has 1 aromatic rings. The van der Waals surface area contributed by atoms with Crippen LogP contribution in [0.5, 0.6) is 0 Å². The zero-order chi connectivity index (χ0) is 13.0. The summed E-state index contributed by atoms with van der Waals surface area (Å²) < 4.78 is 0. The van der Waals surface area contributed by atoms with Gasteiger partial charge in [-0.1, -0.05) is 12.1 Å². The second-order valence-electron chi connectivity index (χ2n) is 3.33. The maximum Gasteiger partial charge on any atom is 0.275 e. The predicted molar refractivity (Wildman–Crippen MR) is 56.2 cm³/mol. The second kappa shape index (κ2) is 5.48. The molecule has 2 atom stereocenters. The molecule has 0 heterocycles. The number of ketones is 1. The number of hydrogen-bond acceptors (Lipinski definition) is 6. The molecule has 1 aromatic carbocycles. The van der Waals surface area contributed by atoms with Crippen LogP contribution in [0.3, 0.4) is 0 Å². The molecule has 0 aromatic heterocycles. The van der Waals surface area contributed by atoms with Gasteiger partial charge in [0.2, 0.25) is 0 Å². The molecule has 0 aliphatic rings. The van der Waals surface area contributed by atoms with Gasteiger partial charge in [0.05, 0.1) is 10.5 Å². The molecule has 7 nitrogen and oxygen atoms in total. The van der Waals surface area contributed by atoms with E-state index in [2.05, 4.69) is 0 Å². The topological polar surface area (TPSA) is 121 Å². The van der Waals surface area contributed by atoms with Crippen LogP contribution < -0.4 is 0 Å². The summed E-state index contributed by atoms with van der Waals surface area (Å²) >= 11 is 0. The molecule has 0 bridgehead atoms. The Balaban J connectivity index is 3.07. The molecule has 2 unspecified atom stereocenters. The summed E-state index contributed by atoms with van der Waals surface area (Å²) in [5.74, 6) is -1.00. The summed E-state index contributed by atoms with van der Waals surface area (Å²) in [5.41, 5.74) is -0.573. The lowest BCUT2D eigenvalue weighted by Gasteiger charge is -2.15. The Bertz CT molecular complexity index is 433. The summed E-state index contributed by atoms with van der Waals surface area (Å²) in [4.78, 5) is 20.9. The molecule has 7 heteroatoms. The summed E-state index contributed by atoms with van der Waals surface area (Å²) in [6, 6.07) is 5.21. The molecule has 0 amide bonds. The molecular formula is C10H11NO6. The molecule has 1 rings (SSSR count). The number of aliphatic hydroxyl groups excluding tert-OH is 3. The highest BCUT2D eigenvalue weighted by Crippen LogP contribution is 2.27. The fourth-order valence-corrected chi connectivity index (χ4v) is 1.34. The lowest BCUT2D eigenvalue weighted by molar-refractivity contribution is -0.386. The quantitative estimate of drug-likeness (QED) is 0.474. The van der Waals surface area contributed by atoms with E-state index in [0.717, 1.165) is 6.07 Å². The Kier molecular flexibility index (Phi) is 4.27. The Morgan fingerprint density at radius 2 is 1.94 bits per heavy atom. The number of Topliss-reactive ketones (excluding diaryl/α,β-unsaturated/α-hetero) is 1. The Hall–Kier alpha value is -1.83. The van der Waals surface area contributed by atoms with Crippen molar-refractivity contribution in [2.75, 3.05) is 6.61 Å². The molecule has 0 radical (unpaired) electrons. The second-order valence-corrected chi connectivity index (χ2v) is 3.33. The number of carbonyl (C=O) groups is 1. The minimum Gasteiger partial charge on any atom is -0.388 e. The highest BCUT2D eigenvalue weighted by Gasteiger charge is 2.29. The van der Waals surface area contributed by atoms with Crippen LogP contribution in [0.2, 0.25) is 0 Å². The lowest BCUT2D eigenvalue weighted by Crippen LogP contribution is -2.30. The molecule has 92 valence electrons. The number of para-hydroxylation sites is 1. The fraction of sp³-hybridized carbons (Fsp3) is 0.300. The van der Waals surface area contributed by atoms with Crippen molar-refractivity contribution in [2.45, 2.75) is 12.2 Å². The van der Waals surface area contributed by atoms with Gasteiger partial charge < -0.3 is 15.3 Å². The summed E-state index contributed by atoms with van der Waals surface area (Å²) in [5, 5.41) is 38.2. The third-order valence-corrected chi connectivity index (χ3v) is 2.24. The first kappa shape index (κ1) is 13.2. The van der Waals surface area contributed by atoms with Gasteiger partial charge >= 0.3 is 0 Å². The minimum absolute atomic E-state index is 0.174. The SMILES string of the molecule is O=C(CO)C(O)C(O)c1ccccc1[N+](=O)[O-]. The van der Waals surface area contributed by atoms with Crippen molar-refractivity contribution in [1.82, 2.24) is 0 Å². The van der Waals surface area contributed by atoms with Gasteiger partial charge in [-0.3, -0.25) is 14.9 Å². The molecule has 0 saturated carbocycles. The zero-order valence-electron chi connectivity index (χ0n) is 8.68. The molecule has 0 saturated heterocycles. The molecule has 0 fully saturated rings. The van der Waals surface area contributed by atoms with Gasteiger partial charge in [0.1, 0.15) is 18.8 Å². The first-order valence-electron chi connectivity index (χ1n) is 4.72. The van der Waals surface area contributed by atoms with E-state index in [4.69, 9.17) is 5.11 Å². The van der Waals surface area contributed by atoms with Crippen molar-refractivity contribution in [2.24, 2.45) is 0 Å². The van der Waals surface area contributed by atoms with E-state index < -0.39 is 35.2 Å². The average Bonchev–Trinajstić information content (AvgIpc) is 2.35. The van der Waals surface area contributed by atoms with Crippen LogP contribution in [0, 0.1) is 10.1 Å². The first-order chi connectivity index (χ1) is 7.99. The fourth-order valence-electron chi connectivity index (χ4n) is 1.34. The summed E-state index contributed by atoms with van der Waals surface area (Å²) in [6.07, 6.45) is -3.63. The van der Waals surface area contributed by atoms with Crippen LogP contribution in [-0.4, -0.2) is 38.7 Å². The van der Waals surface area contributed by atoms with Crippen LogP contribution in [0.1, 0.15) is 11.7 Å². The number of carbonyl (C=O) groups excluding carboxylic acids is 1. The third kappa shape index (κ3) is 2.84. The predicted octanol–water partition coefficient (Wildman–Crippen LogP) is -0.450. The van der Waals surface area contributed by atoms with Crippen LogP contribution >= 0.6 is 0 Å². The molecule has 3 N–H and O–H groups in total. The number of aliphatic hydroxyl groups is 3. The largest absolute Gasteiger partial charge is 0.388 e. The molecule has 0 spiro atoms.